The van der Waals surface area contributed by atoms with Gasteiger partial charge >= 0.3 is 5.97 Å². The second-order valence-electron chi connectivity index (χ2n) is 3.63. The summed E-state index contributed by atoms with van der Waals surface area (Å²) in [6.45, 7) is 1.86. The molecule has 0 fully saturated rings. The van der Waals surface area contributed by atoms with Crippen molar-refractivity contribution in [3.63, 3.8) is 0 Å². The van der Waals surface area contributed by atoms with Crippen molar-refractivity contribution in [2.75, 3.05) is 6.61 Å². The second kappa shape index (κ2) is 8.11. The van der Waals surface area contributed by atoms with Gasteiger partial charge in [0, 0.05) is 17.8 Å². The number of nitrogens with zero attached hydrogens (tertiary/aromatic N) is 1. The highest BCUT2D eigenvalue weighted by molar-refractivity contribution is 6.25. The van der Waals surface area contributed by atoms with Gasteiger partial charge in [-0.05, 0) is 24.6 Å². The number of aliphatic carboxylic acids is 1. The van der Waals surface area contributed by atoms with E-state index in [-0.39, 0.29) is 12.2 Å². The number of carboxylic acid groups (broad SMARTS) is 1. The Bertz CT molecular complexity index is 507. The normalized spacial score (nSPS) is 12.7. The van der Waals surface area contributed by atoms with E-state index in [4.69, 9.17) is 21.4 Å². The average Bonchev–Trinajstić information content (AvgIpc) is 2.42. The molecule has 1 N–H and O–H groups in total. The van der Waals surface area contributed by atoms with Crippen molar-refractivity contribution in [3.05, 3.63) is 59.3 Å². The Hall–Kier alpha value is -2.07. The van der Waals surface area contributed by atoms with Crippen molar-refractivity contribution in [3.8, 4) is 5.88 Å². The summed E-state index contributed by atoms with van der Waals surface area (Å²) in [7, 11) is 0. The lowest BCUT2D eigenvalue weighted by Gasteiger charge is -2.07. The lowest BCUT2D eigenvalue weighted by Crippen LogP contribution is -2.07. The van der Waals surface area contributed by atoms with Gasteiger partial charge < -0.3 is 9.84 Å². The fourth-order valence-electron chi connectivity index (χ4n) is 1.28. The van der Waals surface area contributed by atoms with Gasteiger partial charge in [0.2, 0.25) is 5.88 Å². The number of carbonyl (C=O) groups is 1. The van der Waals surface area contributed by atoms with Crippen molar-refractivity contribution < 1.29 is 14.6 Å². The maximum atomic E-state index is 11.1. The molecule has 0 saturated heterocycles. The van der Waals surface area contributed by atoms with E-state index < -0.39 is 5.97 Å². The van der Waals surface area contributed by atoms with Gasteiger partial charge in [-0.2, -0.15) is 0 Å². The van der Waals surface area contributed by atoms with Gasteiger partial charge in [-0.15, -0.1) is 0 Å². The van der Waals surface area contributed by atoms with Crippen LogP contribution in [0.4, 0.5) is 0 Å². The lowest BCUT2D eigenvalue weighted by molar-refractivity contribution is -0.132. The van der Waals surface area contributed by atoms with Crippen molar-refractivity contribution in [2.45, 2.75) is 6.92 Å². The van der Waals surface area contributed by atoms with Gasteiger partial charge in [0.25, 0.3) is 0 Å². The predicted octanol–water partition coefficient (Wildman–Crippen LogP) is 3.17. The maximum absolute atomic E-state index is 11.1. The first kappa shape index (κ1) is 15.0. The molecule has 0 aliphatic heterocycles. The summed E-state index contributed by atoms with van der Waals surface area (Å²) in [4.78, 5) is 15.1. The van der Waals surface area contributed by atoms with Crippen LogP contribution in [0.25, 0.3) is 0 Å². The van der Waals surface area contributed by atoms with Crippen LogP contribution in [0.15, 0.2) is 59.3 Å². The summed E-state index contributed by atoms with van der Waals surface area (Å²) in [6, 6.07) is 5.28. The number of carboxylic acids is 1. The van der Waals surface area contributed by atoms with Gasteiger partial charge in [0.05, 0.1) is 5.57 Å². The molecule has 0 spiro atoms. The molecule has 4 nitrogen and oxygen atoms in total. The van der Waals surface area contributed by atoms with Gasteiger partial charge in [-0.1, -0.05) is 29.8 Å². The monoisotopic (exact) mass is 279 g/mol. The Morgan fingerprint density at radius 2 is 2.26 bits per heavy atom. The summed E-state index contributed by atoms with van der Waals surface area (Å²) < 4.78 is 5.39. The Balaban J connectivity index is 2.76. The first-order valence-electron chi connectivity index (χ1n) is 5.55. The molecule has 1 aromatic rings. The van der Waals surface area contributed by atoms with E-state index in [0.717, 1.165) is 0 Å². The number of halogens is 1. The molecule has 100 valence electrons. The minimum absolute atomic E-state index is 0.160. The van der Waals surface area contributed by atoms with E-state index in [1.165, 1.54) is 17.7 Å². The topological polar surface area (TPSA) is 59.4 Å². The average molecular weight is 280 g/mol. The summed E-state index contributed by atoms with van der Waals surface area (Å²) in [6.07, 6.45) is 6.17. The number of aromatic nitrogens is 1. The lowest BCUT2D eigenvalue weighted by atomic mass is 10.1. The van der Waals surface area contributed by atoms with Crippen LogP contribution in [0.3, 0.4) is 0 Å². The number of ether oxygens (including phenoxy) is 1. The molecule has 0 radical (unpaired) electrons. The van der Waals surface area contributed by atoms with E-state index in [9.17, 15) is 4.79 Å². The minimum Gasteiger partial charge on any atom is -0.478 e. The van der Waals surface area contributed by atoms with Crippen LogP contribution in [0.1, 0.15) is 6.92 Å². The van der Waals surface area contributed by atoms with Gasteiger partial charge in [0.1, 0.15) is 6.61 Å². The smallest absolute Gasteiger partial charge is 0.335 e. The Morgan fingerprint density at radius 1 is 1.47 bits per heavy atom. The maximum Gasteiger partial charge on any atom is 0.335 e. The van der Waals surface area contributed by atoms with Crippen molar-refractivity contribution in [1.29, 1.82) is 0 Å². The minimum atomic E-state index is -1.01. The Morgan fingerprint density at radius 3 is 2.84 bits per heavy atom. The third-order valence-corrected chi connectivity index (χ3v) is 2.36. The number of pyridine rings is 1. The summed E-state index contributed by atoms with van der Waals surface area (Å²) in [5, 5.41) is 9.10. The standard InChI is InChI=1S/C14H14ClNO3/c1-11(10-19-13-7-3-5-9-16-13)12(14(17)18)6-2-4-8-15/h2-9H,10H2,1H3,(H,17,18)/b6-2-,8-4+,12-11-. The zero-order valence-corrected chi connectivity index (χ0v) is 11.2. The van der Waals surface area contributed by atoms with Gasteiger partial charge in [-0.3, -0.25) is 0 Å². The molecule has 1 aromatic heterocycles. The molecule has 0 unspecified atom stereocenters. The molecular formula is C14H14ClNO3. The molecule has 1 rings (SSSR count). The van der Waals surface area contributed by atoms with E-state index in [2.05, 4.69) is 4.98 Å². The summed E-state index contributed by atoms with van der Waals surface area (Å²) in [5.74, 6) is -0.558. The second-order valence-corrected chi connectivity index (χ2v) is 3.89. The van der Waals surface area contributed by atoms with E-state index in [1.807, 2.05) is 0 Å². The van der Waals surface area contributed by atoms with E-state index in [0.29, 0.717) is 11.5 Å². The van der Waals surface area contributed by atoms with Gasteiger partial charge in [-0.25, -0.2) is 9.78 Å². The molecule has 0 aromatic carbocycles. The number of hydrogen-bond acceptors (Lipinski definition) is 3. The van der Waals surface area contributed by atoms with Crippen LogP contribution >= 0.6 is 11.6 Å². The molecule has 0 amide bonds. The number of allylic oxidation sites excluding steroid dienone is 2. The predicted molar refractivity (Wildman–Crippen MR) is 74.2 cm³/mol. The third-order valence-electron chi connectivity index (χ3n) is 2.21. The van der Waals surface area contributed by atoms with E-state index in [1.54, 1.807) is 37.4 Å². The molecule has 0 atom stereocenters. The zero-order valence-electron chi connectivity index (χ0n) is 10.4. The number of hydrogen-bond donors (Lipinski definition) is 1. The molecule has 0 aliphatic rings. The zero-order chi connectivity index (χ0) is 14.1. The third kappa shape index (κ3) is 5.40. The molecule has 0 bridgehead atoms. The molecule has 5 heteroatoms. The van der Waals surface area contributed by atoms with Gasteiger partial charge in [0.15, 0.2) is 0 Å². The summed E-state index contributed by atoms with van der Waals surface area (Å²) in [5.41, 5.74) is 2.07. The van der Waals surface area contributed by atoms with Crippen LogP contribution in [0.2, 0.25) is 0 Å². The highest BCUT2D eigenvalue weighted by Gasteiger charge is 2.08. The quantitative estimate of drug-likeness (QED) is 0.642. The highest BCUT2D eigenvalue weighted by atomic mass is 35.5. The van der Waals surface area contributed by atoms with Crippen LogP contribution in [-0.4, -0.2) is 22.7 Å². The molecular weight excluding hydrogens is 266 g/mol. The molecule has 0 saturated carbocycles. The Kier molecular flexibility index (Phi) is 6.39. The summed E-state index contributed by atoms with van der Waals surface area (Å²) >= 11 is 5.36. The van der Waals surface area contributed by atoms with Crippen LogP contribution in [0, 0.1) is 0 Å². The first-order chi connectivity index (χ1) is 9.15. The van der Waals surface area contributed by atoms with Crippen molar-refractivity contribution >= 4 is 17.6 Å². The fourth-order valence-corrected chi connectivity index (χ4v) is 1.37. The SMILES string of the molecule is C\C(COc1ccccn1)=C(/C=C\C=C\Cl)C(=O)O. The number of rotatable bonds is 6. The van der Waals surface area contributed by atoms with Crippen LogP contribution < -0.4 is 4.74 Å². The van der Waals surface area contributed by atoms with Crippen LogP contribution in [0.5, 0.6) is 5.88 Å². The van der Waals surface area contributed by atoms with Crippen molar-refractivity contribution in [2.24, 2.45) is 0 Å². The first-order valence-corrected chi connectivity index (χ1v) is 5.99. The van der Waals surface area contributed by atoms with Crippen molar-refractivity contribution in [1.82, 2.24) is 4.98 Å². The molecule has 0 aliphatic carbocycles. The molecule has 1 heterocycles. The highest BCUT2D eigenvalue weighted by Crippen LogP contribution is 2.10. The van der Waals surface area contributed by atoms with E-state index >= 15 is 0 Å². The molecule has 19 heavy (non-hydrogen) atoms. The Labute approximate surface area is 116 Å². The largest absolute Gasteiger partial charge is 0.478 e. The van der Waals surface area contributed by atoms with Crippen LogP contribution in [-0.2, 0) is 4.79 Å². The fraction of sp³-hybridized carbons (Fsp3) is 0.143.